The van der Waals surface area contributed by atoms with E-state index in [0.29, 0.717) is 19.0 Å². The quantitative estimate of drug-likeness (QED) is 0.473. The molecule has 1 aliphatic rings. The molecule has 6 rings (SSSR count). The zero-order valence-corrected chi connectivity index (χ0v) is 18.0. The van der Waals surface area contributed by atoms with Crippen molar-refractivity contribution in [3.63, 3.8) is 0 Å². The molecule has 0 amide bonds. The summed E-state index contributed by atoms with van der Waals surface area (Å²) in [7, 11) is 1.95. The van der Waals surface area contributed by atoms with Crippen LogP contribution in [0.1, 0.15) is 6.92 Å². The van der Waals surface area contributed by atoms with E-state index in [1.54, 1.807) is 6.20 Å². The Labute approximate surface area is 184 Å². The molecule has 32 heavy (non-hydrogen) atoms. The second-order valence-corrected chi connectivity index (χ2v) is 8.16. The minimum Gasteiger partial charge on any atom is -0.377 e. The lowest BCUT2D eigenvalue weighted by Gasteiger charge is -2.35. The molecule has 160 valence electrons. The largest absolute Gasteiger partial charge is 0.377 e. The first-order chi connectivity index (χ1) is 15.7. The highest BCUT2D eigenvalue weighted by Gasteiger charge is 2.24. The Morgan fingerprint density at radius 2 is 2.00 bits per heavy atom. The normalized spacial score (nSPS) is 16.8. The van der Waals surface area contributed by atoms with Gasteiger partial charge in [0.1, 0.15) is 11.5 Å². The van der Waals surface area contributed by atoms with Crippen molar-refractivity contribution in [1.82, 2.24) is 29.7 Å². The first-order valence-corrected chi connectivity index (χ1v) is 10.8. The van der Waals surface area contributed by atoms with Gasteiger partial charge in [0, 0.05) is 54.1 Å². The summed E-state index contributed by atoms with van der Waals surface area (Å²) in [5.74, 6) is 1.64. The number of nitrogens with one attached hydrogen (secondary N) is 1. The average Bonchev–Trinajstić information content (AvgIpc) is 3.47. The second kappa shape index (κ2) is 7.42. The van der Waals surface area contributed by atoms with Crippen molar-refractivity contribution < 1.29 is 4.74 Å². The van der Waals surface area contributed by atoms with Crippen LogP contribution >= 0.6 is 0 Å². The van der Waals surface area contributed by atoms with Crippen molar-refractivity contribution in [2.24, 2.45) is 7.05 Å². The summed E-state index contributed by atoms with van der Waals surface area (Å²) in [4.78, 5) is 20.0. The maximum absolute atomic E-state index is 5.70. The van der Waals surface area contributed by atoms with Crippen LogP contribution in [0.15, 0.2) is 55.0 Å². The maximum Gasteiger partial charge on any atom is 0.162 e. The van der Waals surface area contributed by atoms with E-state index in [1.165, 1.54) is 0 Å². The Morgan fingerprint density at radius 3 is 2.84 bits per heavy atom. The number of hydrogen-bond donors (Lipinski definition) is 1. The molecule has 0 bridgehead atoms. The van der Waals surface area contributed by atoms with Gasteiger partial charge in [0.05, 0.1) is 30.5 Å². The van der Waals surface area contributed by atoms with Gasteiger partial charge < -0.3 is 14.6 Å². The number of fused-ring (bicyclic) bond motifs is 2. The minimum absolute atomic E-state index is 0.222. The summed E-state index contributed by atoms with van der Waals surface area (Å²) in [6.45, 7) is 4.33. The molecule has 8 heteroatoms. The number of benzene rings is 1. The number of hydrogen-bond acceptors (Lipinski definition) is 6. The third-order valence-corrected chi connectivity index (χ3v) is 6.13. The Morgan fingerprint density at radius 1 is 1.06 bits per heavy atom. The van der Waals surface area contributed by atoms with Crippen LogP contribution < -0.4 is 4.90 Å². The van der Waals surface area contributed by atoms with Gasteiger partial charge >= 0.3 is 0 Å². The van der Waals surface area contributed by atoms with Crippen LogP contribution in [0, 0.1) is 0 Å². The van der Waals surface area contributed by atoms with Crippen molar-refractivity contribution in [2.45, 2.75) is 13.0 Å². The molecule has 1 saturated heterocycles. The van der Waals surface area contributed by atoms with Gasteiger partial charge in [-0.05, 0) is 37.3 Å². The van der Waals surface area contributed by atoms with Gasteiger partial charge in [0.15, 0.2) is 5.82 Å². The SMILES string of the molecule is C[C@@H]1COCCN1c1nc(-c2ccnc3[nH]ccc23)nc2ccc(-c3ccnn3C)cc12. The zero-order valence-electron chi connectivity index (χ0n) is 18.0. The molecule has 5 aromatic rings. The molecule has 5 heterocycles. The fourth-order valence-electron chi connectivity index (χ4n) is 4.47. The molecule has 0 radical (unpaired) electrons. The Kier molecular flexibility index (Phi) is 4.39. The average molecular weight is 425 g/mol. The van der Waals surface area contributed by atoms with Crippen LogP contribution in [-0.2, 0) is 11.8 Å². The zero-order chi connectivity index (χ0) is 21.7. The number of H-pyrrole nitrogens is 1. The summed E-state index contributed by atoms with van der Waals surface area (Å²) >= 11 is 0. The van der Waals surface area contributed by atoms with Crippen molar-refractivity contribution in [1.29, 1.82) is 0 Å². The summed E-state index contributed by atoms with van der Waals surface area (Å²) in [6, 6.07) is 12.6. The first-order valence-electron chi connectivity index (χ1n) is 10.8. The monoisotopic (exact) mass is 425 g/mol. The summed E-state index contributed by atoms with van der Waals surface area (Å²) in [5.41, 5.74) is 4.86. The van der Waals surface area contributed by atoms with Gasteiger partial charge in [-0.1, -0.05) is 6.07 Å². The number of rotatable bonds is 3. The molecule has 0 saturated carbocycles. The number of morpholine rings is 1. The van der Waals surface area contributed by atoms with E-state index in [0.717, 1.165) is 51.1 Å². The number of aryl methyl sites for hydroxylation is 1. The van der Waals surface area contributed by atoms with E-state index >= 15 is 0 Å². The van der Waals surface area contributed by atoms with Gasteiger partial charge in [-0.15, -0.1) is 0 Å². The van der Waals surface area contributed by atoms with Crippen LogP contribution in [0.3, 0.4) is 0 Å². The van der Waals surface area contributed by atoms with Crippen LogP contribution in [0.25, 0.3) is 44.6 Å². The van der Waals surface area contributed by atoms with Gasteiger partial charge in [0.25, 0.3) is 0 Å². The Hall–Kier alpha value is -3.78. The topological polar surface area (TPSA) is 84.8 Å². The lowest BCUT2D eigenvalue weighted by molar-refractivity contribution is 0.0987. The minimum atomic E-state index is 0.222. The highest BCUT2D eigenvalue weighted by atomic mass is 16.5. The summed E-state index contributed by atoms with van der Waals surface area (Å²) in [6.07, 6.45) is 5.51. The Bertz CT molecular complexity index is 1440. The third-order valence-electron chi connectivity index (χ3n) is 6.13. The van der Waals surface area contributed by atoms with Crippen LogP contribution in [0.4, 0.5) is 5.82 Å². The predicted octanol–water partition coefficient (Wildman–Crippen LogP) is 3.80. The van der Waals surface area contributed by atoms with Crippen LogP contribution in [-0.4, -0.2) is 55.5 Å². The molecule has 1 aromatic carbocycles. The lowest BCUT2D eigenvalue weighted by Crippen LogP contribution is -2.44. The molecule has 8 nitrogen and oxygen atoms in total. The first kappa shape index (κ1) is 18.9. The van der Waals surface area contributed by atoms with E-state index in [-0.39, 0.29) is 6.04 Å². The molecule has 0 unspecified atom stereocenters. The summed E-state index contributed by atoms with van der Waals surface area (Å²) in [5, 5.41) is 6.37. The van der Waals surface area contributed by atoms with Crippen LogP contribution in [0.2, 0.25) is 0 Å². The van der Waals surface area contributed by atoms with Crippen LogP contribution in [0.5, 0.6) is 0 Å². The standard InChI is InChI=1S/C24H23N7O/c1-15-14-32-12-11-31(15)24-19-13-16(21-7-10-27-30(21)2)3-4-20(19)28-23(29-24)18-6-9-26-22-17(18)5-8-25-22/h3-10,13,15H,11-12,14H2,1-2H3,(H,25,26)/t15-/m1/s1. The Balaban J connectivity index is 1.60. The van der Waals surface area contributed by atoms with Gasteiger partial charge in [-0.2, -0.15) is 5.10 Å². The molecular formula is C24H23N7O. The lowest BCUT2D eigenvalue weighted by atomic mass is 10.1. The molecule has 1 aliphatic heterocycles. The number of anilines is 1. The molecule has 1 atom stereocenters. The van der Waals surface area contributed by atoms with Crippen molar-refractivity contribution >= 4 is 27.8 Å². The summed E-state index contributed by atoms with van der Waals surface area (Å²) < 4.78 is 7.58. The van der Waals surface area contributed by atoms with E-state index in [4.69, 9.17) is 14.7 Å². The number of ether oxygens (including phenoxy) is 1. The fraction of sp³-hybridized carbons (Fsp3) is 0.250. The van der Waals surface area contributed by atoms with E-state index in [1.807, 2.05) is 42.3 Å². The number of pyridine rings is 1. The maximum atomic E-state index is 5.70. The van der Waals surface area contributed by atoms with Crippen molar-refractivity contribution in [3.8, 4) is 22.6 Å². The van der Waals surface area contributed by atoms with Gasteiger partial charge in [-0.25, -0.2) is 15.0 Å². The molecular weight excluding hydrogens is 402 g/mol. The second-order valence-electron chi connectivity index (χ2n) is 8.16. The number of aromatic amines is 1. The molecule has 0 spiro atoms. The van der Waals surface area contributed by atoms with E-state index in [9.17, 15) is 0 Å². The molecule has 0 aliphatic carbocycles. The molecule has 4 aromatic heterocycles. The van der Waals surface area contributed by atoms with E-state index in [2.05, 4.69) is 45.1 Å². The fourth-order valence-corrected chi connectivity index (χ4v) is 4.47. The van der Waals surface area contributed by atoms with Crippen molar-refractivity contribution in [2.75, 3.05) is 24.7 Å². The smallest absolute Gasteiger partial charge is 0.162 e. The highest BCUT2D eigenvalue weighted by molar-refractivity contribution is 5.97. The molecule has 1 N–H and O–H groups in total. The number of nitrogens with zero attached hydrogens (tertiary/aromatic N) is 6. The third kappa shape index (κ3) is 3.03. The number of aromatic nitrogens is 6. The van der Waals surface area contributed by atoms with Crippen molar-refractivity contribution in [3.05, 3.63) is 55.0 Å². The molecule has 1 fully saturated rings. The van der Waals surface area contributed by atoms with Gasteiger partial charge in [0.2, 0.25) is 0 Å². The highest BCUT2D eigenvalue weighted by Crippen LogP contribution is 2.34. The van der Waals surface area contributed by atoms with E-state index < -0.39 is 0 Å². The predicted molar refractivity (Wildman–Crippen MR) is 124 cm³/mol. The van der Waals surface area contributed by atoms with Gasteiger partial charge in [-0.3, -0.25) is 4.68 Å².